The second-order valence-electron chi connectivity index (χ2n) is 7.21. The summed E-state index contributed by atoms with van der Waals surface area (Å²) in [5.74, 6) is -0.103. The zero-order valence-corrected chi connectivity index (χ0v) is 14.6. The van der Waals surface area contributed by atoms with Crippen LogP contribution in [0.1, 0.15) is 45.0 Å². The van der Waals surface area contributed by atoms with E-state index in [2.05, 4.69) is 5.32 Å². The van der Waals surface area contributed by atoms with Crippen molar-refractivity contribution < 1.29 is 19.2 Å². The first-order valence-corrected chi connectivity index (χ1v) is 8.01. The third-order valence-electron chi connectivity index (χ3n) is 4.62. The molecule has 1 fully saturated rings. The second kappa shape index (κ2) is 6.63. The molecule has 1 atom stereocenters. The molecule has 1 heterocycles. The molecule has 0 spiro atoms. The summed E-state index contributed by atoms with van der Waals surface area (Å²) in [6.45, 7) is 10.4. The number of benzene rings is 1. The number of carbonyl (C=O) groups excluding carboxylic acids is 1. The maximum atomic E-state index is 12.0. The highest BCUT2D eigenvalue weighted by molar-refractivity contribution is 6.62. The summed E-state index contributed by atoms with van der Waals surface area (Å²) in [5, 5.41) is 11.8. The van der Waals surface area contributed by atoms with E-state index in [0.717, 1.165) is 5.46 Å². The molecule has 126 valence electrons. The fraction of sp³-hybridized carbons (Fsp3) is 0.588. The van der Waals surface area contributed by atoms with Crippen molar-refractivity contribution in [3.05, 3.63) is 29.8 Å². The van der Waals surface area contributed by atoms with Gasteiger partial charge in [-0.1, -0.05) is 19.1 Å². The van der Waals surface area contributed by atoms with Gasteiger partial charge in [-0.15, -0.1) is 0 Å². The van der Waals surface area contributed by atoms with Gasteiger partial charge >= 0.3 is 7.12 Å². The average molecular weight is 319 g/mol. The Labute approximate surface area is 138 Å². The van der Waals surface area contributed by atoms with Crippen molar-refractivity contribution in [2.45, 2.75) is 45.8 Å². The fourth-order valence-electron chi connectivity index (χ4n) is 2.20. The SMILES string of the molecule is CC(CO)CNC(=O)c1ccc(B2OC(C)(C)C(C)(C)O2)cc1. The van der Waals surface area contributed by atoms with E-state index in [1.807, 2.05) is 46.8 Å². The topological polar surface area (TPSA) is 67.8 Å². The van der Waals surface area contributed by atoms with Crippen LogP contribution in [0.4, 0.5) is 0 Å². The van der Waals surface area contributed by atoms with Gasteiger partial charge in [0.1, 0.15) is 0 Å². The molecule has 6 heteroatoms. The molecule has 1 saturated heterocycles. The minimum Gasteiger partial charge on any atom is -0.399 e. The second-order valence-corrected chi connectivity index (χ2v) is 7.21. The normalized spacial score (nSPS) is 20.3. The van der Waals surface area contributed by atoms with Gasteiger partial charge in [0.05, 0.1) is 11.2 Å². The quantitative estimate of drug-likeness (QED) is 0.804. The summed E-state index contributed by atoms with van der Waals surface area (Å²) in [4.78, 5) is 12.0. The van der Waals surface area contributed by atoms with Crippen molar-refractivity contribution >= 4 is 18.5 Å². The molecule has 23 heavy (non-hydrogen) atoms. The highest BCUT2D eigenvalue weighted by atomic mass is 16.7. The van der Waals surface area contributed by atoms with Crippen molar-refractivity contribution in [2.75, 3.05) is 13.2 Å². The van der Waals surface area contributed by atoms with Crippen molar-refractivity contribution in [2.24, 2.45) is 5.92 Å². The highest BCUT2D eigenvalue weighted by Crippen LogP contribution is 2.36. The lowest BCUT2D eigenvalue weighted by molar-refractivity contribution is 0.00578. The largest absolute Gasteiger partial charge is 0.494 e. The van der Waals surface area contributed by atoms with E-state index >= 15 is 0 Å². The Morgan fingerprint density at radius 1 is 1.17 bits per heavy atom. The molecule has 2 N–H and O–H groups in total. The molecule has 1 aliphatic heterocycles. The lowest BCUT2D eigenvalue weighted by Crippen LogP contribution is -2.41. The van der Waals surface area contributed by atoms with Gasteiger partial charge in [-0.25, -0.2) is 0 Å². The minimum atomic E-state index is -0.425. The van der Waals surface area contributed by atoms with Crippen LogP contribution in [-0.2, 0) is 9.31 Å². The molecular formula is C17H26BNO4. The van der Waals surface area contributed by atoms with Gasteiger partial charge in [-0.3, -0.25) is 4.79 Å². The van der Waals surface area contributed by atoms with Crippen molar-refractivity contribution in [3.63, 3.8) is 0 Å². The minimum absolute atomic E-state index is 0.0444. The first-order chi connectivity index (χ1) is 10.7. The lowest BCUT2D eigenvalue weighted by atomic mass is 9.79. The van der Waals surface area contributed by atoms with E-state index in [1.165, 1.54) is 0 Å². The number of aliphatic hydroxyl groups is 1. The number of nitrogens with one attached hydrogen (secondary N) is 1. The molecule has 2 rings (SSSR count). The fourth-order valence-corrected chi connectivity index (χ4v) is 2.20. The Bertz CT molecular complexity index is 540. The van der Waals surface area contributed by atoms with Gasteiger partial charge in [0.25, 0.3) is 5.91 Å². The smallest absolute Gasteiger partial charge is 0.399 e. The maximum absolute atomic E-state index is 12.0. The number of aliphatic hydroxyl groups excluding tert-OH is 1. The summed E-state index contributed by atoms with van der Waals surface area (Å²) in [6.07, 6.45) is 0. The van der Waals surface area contributed by atoms with Crippen LogP contribution in [0.15, 0.2) is 24.3 Å². The Kier molecular flexibility index (Phi) is 5.18. The molecule has 0 aromatic heterocycles. The summed E-state index contributed by atoms with van der Waals surface area (Å²) in [5.41, 5.74) is 0.710. The summed E-state index contributed by atoms with van der Waals surface area (Å²) >= 11 is 0. The van der Waals surface area contributed by atoms with Gasteiger partial charge < -0.3 is 19.7 Å². The number of hydrogen-bond acceptors (Lipinski definition) is 4. The van der Waals surface area contributed by atoms with E-state index in [-0.39, 0.29) is 29.6 Å². The Morgan fingerprint density at radius 2 is 1.70 bits per heavy atom. The third-order valence-corrected chi connectivity index (χ3v) is 4.62. The first kappa shape index (κ1) is 18.0. The van der Waals surface area contributed by atoms with Gasteiger partial charge in [-0.05, 0) is 51.2 Å². The maximum Gasteiger partial charge on any atom is 0.494 e. The van der Waals surface area contributed by atoms with Crippen LogP contribution in [0.5, 0.6) is 0 Å². The van der Waals surface area contributed by atoms with Crippen LogP contribution in [-0.4, -0.2) is 42.5 Å². The van der Waals surface area contributed by atoms with Crippen LogP contribution in [0.2, 0.25) is 0 Å². The molecule has 5 nitrogen and oxygen atoms in total. The van der Waals surface area contributed by atoms with E-state index < -0.39 is 7.12 Å². The summed E-state index contributed by atoms with van der Waals surface area (Å²) in [7, 11) is -0.425. The standard InChI is InChI=1S/C17H26BNO4/c1-12(11-20)10-19-15(21)13-6-8-14(9-7-13)18-22-16(2,3)17(4,5)23-18/h6-9,12,20H,10-11H2,1-5H3,(H,19,21). The highest BCUT2D eigenvalue weighted by Gasteiger charge is 2.51. The molecule has 0 saturated carbocycles. The van der Waals surface area contributed by atoms with Gasteiger partial charge in [0.15, 0.2) is 0 Å². The first-order valence-electron chi connectivity index (χ1n) is 8.01. The van der Waals surface area contributed by atoms with Crippen molar-refractivity contribution in [1.82, 2.24) is 5.32 Å². The number of rotatable bonds is 5. The predicted octanol–water partition coefficient (Wildman–Crippen LogP) is 1.34. The summed E-state index contributed by atoms with van der Waals surface area (Å²) < 4.78 is 12.0. The van der Waals surface area contributed by atoms with E-state index in [1.54, 1.807) is 12.1 Å². The lowest BCUT2D eigenvalue weighted by Gasteiger charge is -2.32. The third kappa shape index (κ3) is 3.94. The van der Waals surface area contributed by atoms with Crippen LogP contribution >= 0.6 is 0 Å². The molecule has 1 aromatic rings. The predicted molar refractivity (Wildman–Crippen MR) is 90.7 cm³/mol. The molecule has 1 unspecified atom stereocenters. The Morgan fingerprint density at radius 3 is 2.17 bits per heavy atom. The molecule has 0 bridgehead atoms. The molecule has 1 aliphatic rings. The number of hydrogen-bond donors (Lipinski definition) is 2. The molecule has 1 amide bonds. The number of carbonyl (C=O) groups is 1. The Hall–Kier alpha value is -1.37. The molecule has 0 radical (unpaired) electrons. The van der Waals surface area contributed by atoms with Crippen LogP contribution in [0.25, 0.3) is 0 Å². The zero-order chi connectivity index (χ0) is 17.3. The molecule has 1 aromatic carbocycles. The van der Waals surface area contributed by atoms with Gasteiger partial charge in [0.2, 0.25) is 0 Å². The van der Waals surface area contributed by atoms with E-state index in [0.29, 0.717) is 12.1 Å². The van der Waals surface area contributed by atoms with Gasteiger partial charge in [-0.2, -0.15) is 0 Å². The van der Waals surface area contributed by atoms with Crippen molar-refractivity contribution in [3.8, 4) is 0 Å². The molecule has 0 aliphatic carbocycles. The van der Waals surface area contributed by atoms with Crippen LogP contribution in [0.3, 0.4) is 0 Å². The summed E-state index contributed by atoms with van der Waals surface area (Å²) in [6, 6.07) is 7.23. The Balaban J connectivity index is 2.02. The zero-order valence-electron chi connectivity index (χ0n) is 14.6. The van der Waals surface area contributed by atoms with Crippen molar-refractivity contribution in [1.29, 1.82) is 0 Å². The number of amides is 1. The monoisotopic (exact) mass is 319 g/mol. The van der Waals surface area contributed by atoms with Crippen LogP contribution < -0.4 is 10.8 Å². The van der Waals surface area contributed by atoms with Gasteiger partial charge in [0, 0.05) is 18.7 Å². The van der Waals surface area contributed by atoms with E-state index in [4.69, 9.17) is 14.4 Å². The van der Waals surface area contributed by atoms with E-state index in [9.17, 15) is 4.79 Å². The molecular weight excluding hydrogens is 293 g/mol. The van der Waals surface area contributed by atoms with Crippen LogP contribution in [0, 0.1) is 5.92 Å². The average Bonchev–Trinajstić information content (AvgIpc) is 2.73.